The van der Waals surface area contributed by atoms with E-state index in [0.717, 1.165) is 11.3 Å². The predicted octanol–water partition coefficient (Wildman–Crippen LogP) is 2.18. The van der Waals surface area contributed by atoms with Gasteiger partial charge in [0.2, 0.25) is 0 Å². The standard InChI is InChI=1S/C12H13FN2O/c1-8-9(2)14-15(12(8)16)7-10-3-5-11(13)6-4-10/h3-6,8H,7H2,1-2H3. The molecule has 1 aliphatic rings. The third-order valence-electron chi connectivity index (χ3n) is 2.78. The third kappa shape index (κ3) is 1.96. The van der Waals surface area contributed by atoms with Crippen LogP contribution in [0.4, 0.5) is 4.39 Å². The highest BCUT2D eigenvalue weighted by Crippen LogP contribution is 2.17. The molecular formula is C12H13FN2O. The molecule has 1 aliphatic heterocycles. The minimum atomic E-state index is -0.274. The molecule has 4 heteroatoms. The second-order valence-corrected chi connectivity index (χ2v) is 3.99. The highest BCUT2D eigenvalue weighted by atomic mass is 19.1. The topological polar surface area (TPSA) is 32.7 Å². The SMILES string of the molecule is CC1=NN(Cc2ccc(F)cc2)C(=O)C1C. The van der Waals surface area contributed by atoms with Gasteiger partial charge in [-0.1, -0.05) is 12.1 Å². The fourth-order valence-electron chi connectivity index (χ4n) is 1.60. The summed E-state index contributed by atoms with van der Waals surface area (Å²) in [6.07, 6.45) is 0. The Balaban J connectivity index is 2.12. The summed E-state index contributed by atoms with van der Waals surface area (Å²) < 4.78 is 12.7. The molecule has 0 fully saturated rings. The molecule has 1 aromatic carbocycles. The lowest BCUT2D eigenvalue weighted by Crippen LogP contribution is -2.25. The fraction of sp³-hybridized carbons (Fsp3) is 0.333. The molecule has 0 spiro atoms. The lowest BCUT2D eigenvalue weighted by molar-refractivity contribution is -0.131. The van der Waals surface area contributed by atoms with Gasteiger partial charge in [-0.25, -0.2) is 9.40 Å². The molecular weight excluding hydrogens is 207 g/mol. The number of hydrogen-bond donors (Lipinski definition) is 0. The van der Waals surface area contributed by atoms with Gasteiger partial charge in [-0.2, -0.15) is 5.10 Å². The van der Waals surface area contributed by atoms with E-state index >= 15 is 0 Å². The summed E-state index contributed by atoms with van der Waals surface area (Å²) in [5, 5.41) is 5.61. The number of carbonyl (C=O) groups is 1. The molecule has 1 atom stereocenters. The van der Waals surface area contributed by atoms with Crippen molar-refractivity contribution in [2.75, 3.05) is 0 Å². The van der Waals surface area contributed by atoms with Crippen LogP contribution in [-0.2, 0) is 11.3 Å². The van der Waals surface area contributed by atoms with Gasteiger partial charge < -0.3 is 0 Å². The Bertz CT molecular complexity index is 439. The second-order valence-electron chi connectivity index (χ2n) is 3.99. The van der Waals surface area contributed by atoms with Crippen LogP contribution in [0.2, 0.25) is 0 Å². The van der Waals surface area contributed by atoms with Crippen LogP contribution in [0, 0.1) is 11.7 Å². The van der Waals surface area contributed by atoms with Crippen molar-refractivity contribution in [3.05, 3.63) is 35.6 Å². The Labute approximate surface area is 93.6 Å². The number of hydrazone groups is 1. The number of carbonyl (C=O) groups excluding carboxylic acids is 1. The first kappa shape index (κ1) is 10.8. The van der Waals surface area contributed by atoms with Gasteiger partial charge in [0.25, 0.3) is 5.91 Å². The van der Waals surface area contributed by atoms with Crippen molar-refractivity contribution < 1.29 is 9.18 Å². The molecule has 2 rings (SSSR count). The first-order valence-electron chi connectivity index (χ1n) is 5.19. The van der Waals surface area contributed by atoms with Crippen LogP contribution in [0.3, 0.4) is 0 Å². The van der Waals surface area contributed by atoms with Crippen molar-refractivity contribution in [3.63, 3.8) is 0 Å². The summed E-state index contributed by atoms with van der Waals surface area (Å²) in [5.41, 5.74) is 1.70. The Kier molecular flexibility index (Phi) is 2.73. The van der Waals surface area contributed by atoms with Crippen molar-refractivity contribution in [1.82, 2.24) is 5.01 Å². The molecule has 0 radical (unpaired) electrons. The minimum absolute atomic E-state index is 0.00169. The Morgan fingerprint density at radius 1 is 1.38 bits per heavy atom. The molecule has 1 aromatic rings. The number of benzene rings is 1. The van der Waals surface area contributed by atoms with Gasteiger partial charge in [0, 0.05) is 5.71 Å². The Hall–Kier alpha value is -1.71. The maximum absolute atomic E-state index is 12.7. The summed E-state index contributed by atoms with van der Waals surface area (Å²) in [4.78, 5) is 11.7. The first-order valence-corrected chi connectivity index (χ1v) is 5.19. The quantitative estimate of drug-likeness (QED) is 0.751. The molecule has 16 heavy (non-hydrogen) atoms. The smallest absolute Gasteiger partial charge is 0.251 e. The summed E-state index contributed by atoms with van der Waals surface area (Å²) in [6.45, 7) is 4.08. The van der Waals surface area contributed by atoms with Gasteiger partial charge in [0.1, 0.15) is 5.82 Å². The van der Waals surface area contributed by atoms with Gasteiger partial charge in [0.15, 0.2) is 0 Å². The van der Waals surface area contributed by atoms with Crippen molar-refractivity contribution in [2.24, 2.45) is 11.0 Å². The van der Waals surface area contributed by atoms with E-state index in [1.54, 1.807) is 12.1 Å². The molecule has 1 heterocycles. The number of nitrogens with zero attached hydrogens (tertiary/aromatic N) is 2. The van der Waals surface area contributed by atoms with E-state index in [1.165, 1.54) is 17.1 Å². The van der Waals surface area contributed by atoms with E-state index in [4.69, 9.17) is 0 Å². The van der Waals surface area contributed by atoms with Crippen molar-refractivity contribution >= 4 is 11.6 Å². The molecule has 0 saturated carbocycles. The van der Waals surface area contributed by atoms with Gasteiger partial charge in [0.05, 0.1) is 12.5 Å². The van der Waals surface area contributed by atoms with Crippen LogP contribution < -0.4 is 0 Å². The van der Waals surface area contributed by atoms with Crippen LogP contribution in [0.5, 0.6) is 0 Å². The predicted molar refractivity (Wildman–Crippen MR) is 59.2 cm³/mol. The largest absolute Gasteiger partial charge is 0.272 e. The molecule has 0 aromatic heterocycles. The summed E-state index contributed by atoms with van der Waals surface area (Å²) in [6, 6.07) is 6.10. The molecule has 0 bridgehead atoms. The van der Waals surface area contributed by atoms with E-state index < -0.39 is 0 Å². The van der Waals surface area contributed by atoms with E-state index in [0.29, 0.717) is 6.54 Å². The normalized spacial score (nSPS) is 20.2. The molecule has 0 aliphatic carbocycles. The molecule has 84 valence electrons. The van der Waals surface area contributed by atoms with Gasteiger partial charge in [-0.05, 0) is 31.5 Å². The molecule has 3 nitrogen and oxygen atoms in total. The van der Waals surface area contributed by atoms with E-state index in [9.17, 15) is 9.18 Å². The van der Waals surface area contributed by atoms with Crippen molar-refractivity contribution in [2.45, 2.75) is 20.4 Å². The van der Waals surface area contributed by atoms with E-state index in [2.05, 4.69) is 5.10 Å². The van der Waals surface area contributed by atoms with Crippen LogP contribution in [0.15, 0.2) is 29.4 Å². The summed E-state index contributed by atoms with van der Waals surface area (Å²) in [7, 11) is 0. The summed E-state index contributed by atoms with van der Waals surface area (Å²) >= 11 is 0. The molecule has 1 amide bonds. The van der Waals surface area contributed by atoms with Crippen molar-refractivity contribution in [1.29, 1.82) is 0 Å². The molecule has 0 N–H and O–H groups in total. The minimum Gasteiger partial charge on any atom is -0.272 e. The zero-order valence-electron chi connectivity index (χ0n) is 9.27. The average Bonchev–Trinajstić information content (AvgIpc) is 2.50. The zero-order chi connectivity index (χ0) is 11.7. The number of hydrogen-bond acceptors (Lipinski definition) is 2. The van der Waals surface area contributed by atoms with Crippen LogP contribution in [-0.4, -0.2) is 16.6 Å². The highest BCUT2D eigenvalue weighted by Gasteiger charge is 2.29. The maximum atomic E-state index is 12.7. The lowest BCUT2D eigenvalue weighted by Gasteiger charge is -2.12. The average molecular weight is 220 g/mol. The number of halogens is 1. The third-order valence-corrected chi connectivity index (χ3v) is 2.78. The van der Waals surface area contributed by atoms with Crippen LogP contribution in [0.1, 0.15) is 19.4 Å². The van der Waals surface area contributed by atoms with Gasteiger partial charge in [-0.3, -0.25) is 4.79 Å². The molecule has 0 saturated heterocycles. The fourth-order valence-corrected chi connectivity index (χ4v) is 1.60. The lowest BCUT2D eigenvalue weighted by atomic mass is 10.1. The Morgan fingerprint density at radius 3 is 2.50 bits per heavy atom. The van der Waals surface area contributed by atoms with Crippen LogP contribution in [0.25, 0.3) is 0 Å². The number of rotatable bonds is 2. The molecule has 1 unspecified atom stereocenters. The Morgan fingerprint density at radius 2 is 2.00 bits per heavy atom. The second kappa shape index (κ2) is 4.04. The van der Waals surface area contributed by atoms with Crippen molar-refractivity contribution in [3.8, 4) is 0 Å². The van der Waals surface area contributed by atoms with E-state index in [1.807, 2.05) is 13.8 Å². The van der Waals surface area contributed by atoms with Crippen LogP contribution >= 0.6 is 0 Å². The monoisotopic (exact) mass is 220 g/mol. The summed E-state index contributed by atoms with van der Waals surface area (Å²) in [5.74, 6) is -0.410. The van der Waals surface area contributed by atoms with Gasteiger partial charge in [-0.15, -0.1) is 0 Å². The number of amides is 1. The first-order chi connectivity index (χ1) is 7.58. The van der Waals surface area contributed by atoms with Gasteiger partial charge >= 0.3 is 0 Å². The van der Waals surface area contributed by atoms with E-state index in [-0.39, 0.29) is 17.6 Å². The maximum Gasteiger partial charge on any atom is 0.251 e. The highest BCUT2D eigenvalue weighted by molar-refractivity contribution is 6.06. The zero-order valence-corrected chi connectivity index (χ0v) is 9.27.